The summed E-state index contributed by atoms with van der Waals surface area (Å²) in [7, 11) is 0. The summed E-state index contributed by atoms with van der Waals surface area (Å²) in [6, 6.07) is 31.7. The number of rotatable bonds is 10. The molecule has 0 saturated carbocycles. The van der Waals surface area contributed by atoms with Crippen molar-refractivity contribution in [1.82, 2.24) is 14.1 Å². The fraction of sp³-hybridized carbons (Fsp3) is 0.108. The minimum absolute atomic E-state index is 0. The van der Waals surface area contributed by atoms with Gasteiger partial charge in [0.2, 0.25) is 0 Å². The first-order chi connectivity index (χ1) is 45.9. The first kappa shape index (κ1) is 34.9. The molecule has 6 heteroatoms. The van der Waals surface area contributed by atoms with E-state index in [0.29, 0.717) is 33.9 Å². The molecule has 3 aromatic heterocycles. The number of aromatic nitrogens is 4. The Morgan fingerprint density at radius 2 is 1.06 bits per heavy atom. The molecule has 10 aromatic carbocycles. The maximum absolute atomic E-state index is 10.5. The Bertz CT molecular complexity index is 5350. The van der Waals surface area contributed by atoms with Crippen molar-refractivity contribution >= 4 is 32.8 Å². The Kier molecular flexibility index (Phi) is 9.18. The molecule has 0 fully saturated rings. The summed E-state index contributed by atoms with van der Waals surface area (Å²) in [5.74, 6) is 1.34. The van der Waals surface area contributed by atoms with Crippen molar-refractivity contribution in [3.63, 3.8) is 0 Å². The number of ether oxygens (including phenoxy) is 1. The third-order valence-corrected chi connectivity index (χ3v) is 13.9. The van der Waals surface area contributed by atoms with E-state index in [4.69, 9.17) is 22.1 Å². The molecular formula is C74H58N4OPt-2. The van der Waals surface area contributed by atoms with Gasteiger partial charge in [0.15, 0.2) is 0 Å². The molecular weight excluding hydrogens is 1160 g/mol. The Hall–Kier alpha value is -8.89. The molecule has 13 aromatic rings. The van der Waals surface area contributed by atoms with Gasteiger partial charge in [-0.25, -0.2) is 4.98 Å². The SMILES string of the molecule is [2H]c1c([2H])c([2H])c(-c2cc(-c3cccc(C(C)(C)C)c3)c(-[n+]3[c-]n(-c4[c-]c(Oc5[c-]c6c(cc5)c5ccccc5n6-c5cc(C(C)(C)C)ccn5)ccc4)c4ccccc43)c(-c3c([2H])c(-c4c([2H])c([2H])c([2H])c([2H])c4[2H])c([2H])c(-c4c([2H])c([2H])c([2H])c([2H])c4[2H])c3[2H])c2)c([2H])c1[2H].[Pt]. The van der Waals surface area contributed by atoms with E-state index in [-0.39, 0.29) is 60.2 Å². The van der Waals surface area contributed by atoms with Gasteiger partial charge < -0.3 is 13.9 Å². The van der Waals surface area contributed by atoms with E-state index < -0.39 is 142 Å². The van der Waals surface area contributed by atoms with E-state index in [9.17, 15) is 12.3 Å². The second-order valence-corrected chi connectivity index (χ2v) is 21.1. The van der Waals surface area contributed by atoms with Crippen molar-refractivity contribution in [2.75, 3.05) is 0 Å². The molecule has 80 heavy (non-hydrogen) atoms. The fourth-order valence-corrected chi connectivity index (χ4v) is 9.91. The number of hydrogen-bond acceptors (Lipinski definition) is 2. The predicted octanol–water partition coefficient (Wildman–Crippen LogP) is 18.5. The maximum atomic E-state index is 10.5. The monoisotopic (exact) mass is 1230 g/mol. The van der Waals surface area contributed by atoms with E-state index >= 15 is 0 Å². The molecule has 0 N–H and O–H groups in total. The molecule has 5 nitrogen and oxygen atoms in total. The Labute approximate surface area is 508 Å². The average Bonchev–Trinajstić information content (AvgIpc) is 1.59. The molecule has 3 heterocycles. The van der Waals surface area contributed by atoms with Gasteiger partial charge in [0, 0.05) is 44.3 Å². The van der Waals surface area contributed by atoms with Crippen LogP contribution in [0.1, 0.15) is 77.3 Å². The van der Waals surface area contributed by atoms with Crippen LogP contribution in [0, 0.1) is 18.5 Å². The minimum Gasteiger partial charge on any atom is -0.510 e. The molecule has 0 aliphatic rings. The van der Waals surface area contributed by atoms with Crippen LogP contribution in [0.4, 0.5) is 0 Å². The van der Waals surface area contributed by atoms with Crippen LogP contribution in [0.2, 0.25) is 0 Å². The molecule has 0 aliphatic heterocycles. The number of fused-ring (bicyclic) bond motifs is 4. The molecule has 0 unspecified atom stereocenters. The Morgan fingerprint density at radius 1 is 0.487 bits per heavy atom. The summed E-state index contributed by atoms with van der Waals surface area (Å²) in [4.78, 5) is 4.83. The molecule has 0 saturated heterocycles. The molecule has 0 amide bonds. The summed E-state index contributed by atoms with van der Waals surface area (Å²) >= 11 is 0. The van der Waals surface area contributed by atoms with E-state index in [1.165, 1.54) is 6.07 Å². The van der Waals surface area contributed by atoms with Gasteiger partial charge in [-0.2, -0.15) is 18.2 Å². The largest absolute Gasteiger partial charge is 0.510 e. The van der Waals surface area contributed by atoms with E-state index in [1.54, 1.807) is 63.9 Å². The number of imidazole rings is 1. The average molecular weight is 1230 g/mol. The van der Waals surface area contributed by atoms with Crippen molar-refractivity contribution in [3.05, 3.63) is 272 Å². The molecule has 13 rings (SSSR count). The van der Waals surface area contributed by atoms with Crippen molar-refractivity contribution in [3.8, 4) is 84.3 Å². The van der Waals surface area contributed by atoms with Crippen molar-refractivity contribution < 1.29 is 55.0 Å². The van der Waals surface area contributed by atoms with E-state index in [1.807, 2.05) is 81.4 Å². The van der Waals surface area contributed by atoms with Gasteiger partial charge in [0.25, 0.3) is 6.33 Å². The van der Waals surface area contributed by atoms with Crippen LogP contribution in [-0.2, 0) is 31.9 Å². The zero-order chi connectivity index (χ0) is 69.5. The van der Waals surface area contributed by atoms with Crippen molar-refractivity contribution in [2.24, 2.45) is 0 Å². The number of pyridine rings is 1. The maximum Gasteiger partial charge on any atom is 0.268 e. The first-order valence-electron chi connectivity index (χ1n) is 34.6. The quantitative estimate of drug-likeness (QED) is 0.101. The van der Waals surface area contributed by atoms with Crippen LogP contribution in [0.5, 0.6) is 11.5 Å². The molecule has 392 valence electrons. The van der Waals surface area contributed by atoms with Gasteiger partial charge in [0.05, 0.1) is 41.4 Å². The summed E-state index contributed by atoms with van der Waals surface area (Å²) < 4.78 is 178. The number of para-hydroxylation sites is 3. The molecule has 0 atom stereocenters. The second kappa shape index (κ2) is 21.1. The zero-order valence-electron chi connectivity index (χ0n) is 62.2. The number of hydrogen-bond donors (Lipinski definition) is 0. The third kappa shape index (κ3) is 9.88. The second-order valence-electron chi connectivity index (χ2n) is 21.1. The first-order valence-corrected chi connectivity index (χ1v) is 25.6. The third-order valence-electron chi connectivity index (χ3n) is 13.9. The summed E-state index contributed by atoms with van der Waals surface area (Å²) in [6.07, 6.45) is 5.34. The smallest absolute Gasteiger partial charge is 0.268 e. The van der Waals surface area contributed by atoms with Gasteiger partial charge in [-0.15, -0.1) is 29.7 Å². The van der Waals surface area contributed by atoms with Crippen LogP contribution in [0.15, 0.2) is 242 Å². The summed E-state index contributed by atoms with van der Waals surface area (Å²) in [5, 5.41) is 1.92. The number of nitrogens with zero attached hydrogens (tertiary/aromatic N) is 4. The molecule has 0 spiro atoms. The minimum atomic E-state index is -0.881. The normalized spacial score (nSPS) is 14.9. The summed E-state index contributed by atoms with van der Waals surface area (Å²) in [6.45, 7) is 12.5. The predicted molar refractivity (Wildman–Crippen MR) is 325 cm³/mol. The van der Waals surface area contributed by atoms with Gasteiger partial charge in [-0.1, -0.05) is 204 Å². The van der Waals surface area contributed by atoms with E-state index in [2.05, 4.69) is 55.9 Å². The van der Waals surface area contributed by atoms with Gasteiger partial charge in [0.1, 0.15) is 5.82 Å². The fourth-order valence-electron chi connectivity index (χ4n) is 9.91. The zero-order valence-corrected chi connectivity index (χ0v) is 46.5. The molecule has 0 bridgehead atoms. The van der Waals surface area contributed by atoms with Crippen molar-refractivity contribution in [2.45, 2.75) is 52.4 Å². The molecule has 0 radical (unpaired) electrons. The standard InChI is InChI=1S/C74H58N4O.Pt/c1-73(2,3)58-29-20-28-53(43-58)65-44-56(52-26-14-9-15-27-52)45-66(57-41-54(50-22-10-7-11-23-50)40-55(42-57)51-24-12-8-13-25-51)72(65)77-49-76(68-34-18-19-35-69(68)77)60-30-21-31-61(47-60)79-62-36-37-64-63-32-16-17-33-67(63)78(70(64)48-62)71-46-59(38-39-75-71)74(4,5)6;/h7-46H,1-6H3;/q-2;/i7D,8D,9D,10D,11D,12D,13D,14D,15D,22D,23D,24D,25D,26D,27D,40D,41D,42D;. The number of benzene rings is 10. The van der Waals surface area contributed by atoms with Crippen LogP contribution in [0.3, 0.4) is 0 Å². The Morgan fingerprint density at radius 3 is 1.74 bits per heavy atom. The van der Waals surface area contributed by atoms with Gasteiger partial charge in [-0.3, -0.25) is 4.57 Å². The van der Waals surface area contributed by atoms with Crippen LogP contribution in [-0.4, -0.2) is 14.1 Å². The topological polar surface area (TPSA) is 35.9 Å². The van der Waals surface area contributed by atoms with Crippen LogP contribution in [0.25, 0.3) is 106 Å². The molecule has 0 aliphatic carbocycles. The van der Waals surface area contributed by atoms with E-state index in [0.717, 1.165) is 32.9 Å². The van der Waals surface area contributed by atoms with Crippen LogP contribution < -0.4 is 9.30 Å². The Balaban J connectivity index is 0.00000914. The van der Waals surface area contributed by atoms with Gasteiger partial charge in [-0.05, 0) is 137 Å². The van der Waals surface area contributed by atoms with Gasteiger partial charge >= 0.3 is 0 Å². The van der Waals surface area contributed by atoms with Crippen LogP contribution >= 0.6 is 0 Å². The van der Waals surface area contributed by atoms with Crippen molar-refractivity contribution in [1.29, 1.82) is 0 Å². The summed E-state index contributed by atoms with van der Waals surface area (Å²) in [5.41, 5.74) is 1.38.